The summed E-state index contributed by atoms with van der Waals surface area (Å²) >= 11 is 0. The lowest BCUT2D eigenvalue weighted by Crippen LogP contribution is -2.33. The van der Waals surface area contributed by atoms with Crippen LogP contribution in [0.2, 0.25) is 0 Å². The van der Waals surface area contributed by atoms with Crippen molar-refractivity contribution in [2.45, 2.75) is 32.5 Å². The zero-order valence-electron chi connectivity index (χ0n) is 10.8. The predicted octanol–water partition coefficient (Wildman–Crippen LogP) is 3.03. The van der Waals surface area contributed by atoms with E-state index in [4.69, 9.17) is 0 Å². The summed E-state index contributed by atoms with van der Waals surface area (Å²) in [6.45, 7) is 4.08. The van der Waals surface area contributed by atoms with Crippen LogP contribution in [0, 0.1) is 0 Å². The van der Waals surface area contributed by atoms with Gasteiger partial charge in [-0.2, -0.15) is 13.2 Å². The lowest BCUT2D eigenvalue weighted by molar-refractivity contribution is -0.137. The molecular formula is C13H17F3N2O. The van der Waals surface area contributed by atoms with E-state index in [1.165, 1.54) is 12.1 Å². The highest BCUT2D eigenvalue weighted by Gasteiger charge is 2.29. The Morgan fingerprint density at radius 1 is 1.26 bits per heavy atom. The second-order valence-electron chi connectivity index (χ2n) is 4.31. The fourth-order valence-electron chi connectivity index (χ4n) is 1.36. The Morgan fingerprint density at radius 2 is 1.84 bits per heavy atom. The molecule has 0 aromatic heterocycles. The summed E-state index contributed by atoms with van der Waals surface area (Å²) in [7, 11) is 0. The van der Waals surface area contributed by atoms with Crippen molar-refractivity contribution in [2.24, 2.45) is 0 Å². The topological polar surface area (TPSA) is 41.1 Å². The normalized spacial score (nSPS) is 13.1. The number of carbonyl (C=O) groups is 1. The van der Waals surface area contributed by atoms with Crippen LogP contribution in [0.5, 0.6) is 0 Å². The van der Waals surface area contributed by atoms with E-state index in [1.54, 1.807) is 0 Å². The number of rotatable bonds is 5. The molecule has 0 radical (unpaired) electrons. The molecule has 1 unspecified atom stereocenters. The molecule has 0 saturated heterocycles. The maximum atomic E-state index is 12.3. The van der Waals surface area contributed by atoms with E-state index in [2.05, 4.69) is 10.6 Å². The summed E-state index contributed by atoms with van der Waals surface area (Å²) in [5, 5.41) is 5.53. The van der Waals surface area contributed by atoms with Gasteiger partial charge in [0.05, 0.1) is 12.1 Å². The molecular weight excluding hydrogens is 257 g/mol. The summed E-state index contributed by atoms with van der Waals surface area (Å²) in [5.74, 6) is -0.278. The summed E-state index contributed by atoms with van der Waals surface area (Å²) in [4.78, 5) is 11.5. The number of halogens is 3. The van der Waals surface area contributed by atoms with Gasteiger partial charge in [-0.1, -0.05) is 6.92 Å². The van der Waals surface area contributed by atoms with Crippen LogP contribution in [-0.4, -0.2) is 18.5 Å². The number of anilines is 1. The molecule has 0 fully saturated rings. The van der Waals surface area contributed by atoms with E-state index in [0.29, 0.717) is 5.69 Å². The van der Waals surface area contributed by atoms with E-state index < -0.39 is 11.7 Å². The molecule has 1 aromatic carbocycles. The summed E-state index contributed by atoms with van der Waals surface area (Å²) in [5.41, 5.74) is -0.382. The van der Waals surface area contributed by atoms with Crippen molar-refractivity contribution in [3.05, 3.63) is 29.8 Å². The van der Waals surface area contributed by atoms with Crippen LogP contribution >= 0.6 is 0 Å². The van der Waals surface area contributed by atoms with Gasteiger partial charge in [0.25, 0.3) is 0 Å². The summed E-state index contributed by atoms with van der Waals surface area (Å²) in [6.07, 6.45) is -3.46. The van der Waals surface area contributed by atoms with Gasteiger partial charge in [-0.3, -0.25) is 4.79 Å². The first-order valence-electron chi connectivity index (χ1n) is 6.03. The third-order valence-electron chi connectivity index (χ3n) is 2.72. The molecule has 0 aliphatic carbocycles. The minimum Gasteiger partial charge on any atom is -0.325 e. The maximum Gasteiger partial charge on any atom is 0.416 e. The van der Waals surface area contributed by atoms with E-state index >= 15 is 0 Å². The van der Waals surface area contributed by atoms with Crippen molar-refractivity contribution in [1.82, 2.24) is 5.32 Å². The lowest BCUT2D eigenvalue weighted by Gasteiger charge is -2.12. The van der Waals surface area contributed by atoms with Crippen molar-refractivity contribution in [1.29, 1.82) is 0 Å². The molecule has 0 bridgehead atoms. The highest BCUT2D eigenvalue weighted by Crippen LogP contribution is 2.29. The summed E-state index contributed by atoms with van der Waals surface area (Å²) in [6, 6.07) is 4.59. The fraction of sp³-hybridized carbons (Fsp3) is 0.462. The lowest BCUT2D eigenvalue weighted by atomic mass is 10.2. The minimum atomic E-state index is -4.36. The van der Waals surface area contributed by atoms with Gasteiger partial charge in [0.15, 0.2) is 0 Å². The third kappa shape index (κ3) is 5.30. The van der Waals surface area contributed by atoms with Crippen molar-refractivity contribution in [3.63, 3.8) is 0 Å². The van der Waals surface area contributed by atoms with Crippen molar-refractivity contribution in [3.8, 4) is 0 Å². The standard InChI is InChI=1S/C13H17F3N2O/c1-3-9(2)17-8-12(19)18-11-6-4-10(5-7-11)13(14,15)16/h4-7,9,17H,3,8H2,1-2H3,(H,18,19). The number of carbonyl (C=O) groups excluding carboxylic acids is 1. The average molecular weight is 274 g/mol. The number of hydrogen-bond donors (Lipinski definition) is 2. The number of nitrogens with one attached hydrogen (secondary N) is 2. The predicted molar refractivity (Wildman–Crippen MR) is 67.8 cm³/mol. The zero-order chi connectivity index (χ0) is 14.5. The first kappa shape index (κ1) is 15.5. The number of alkyl halides is 3. The van der Waals surface area contributed by atoms with Crippen molar-refractivity contribution in [2.75, 3.05) is 11.9 Å². The Kier molecular flexibility index (Phi) is 5.35. The van der Waals surface area contributed by atoms with E-state index in [1.807, 2.05) is 13.8 Å². The Balaban J connectivity index is 2.51. The highest BCUT2D eigenvalue weighted by molar-refractivity contribution is 5.92. The van der Waals surface area contributed by atoms with Gasteiger partial charge in [-0.15, -0.1) is 0 Å². The van der Waals surface area contributed by atoms with E-state index in [0.717, 1.165) is 18.6 Å². The summed E-state index contributed by atoms with van der Waals surface area (Å²) < 4.78 is 37.0. The average Bonchev–Trinajstić information content (AvgIpc) is 2.35. The Labute approximate surface area is 110 Å². The molecule has 19 heavy (non-hydrogen) atoms. The third-order valence-corrected chi connectivity index (χ3v) is 2.72. The van der Waals surface area contributed by atoms with Gasteiger partial charge in [0.2, 0.25) is 5.91 Å². The molecule has 106 valence electrons. The maximum absolute atomic E-state index is 12.3. The van der Waals surface area contributed by atoms with Crippen LogP contribution in [0.4, 0.5) is 18.9 Å². The first-order valence-corrected chi connectivity index (χ1v) is 6.03. The van der Waals surface area contributed by atoms with Gasteiger partial charge in [-0.25, -0.2) is 0 Å². The van der Waals surface area contributed by atoms with Gasteiger partial charge in [0.1, 0.15) is 0 Å². The van der Waals surface area contributed by atoms with Crippen LogP contribution in [0.1, 0.15) is 25.8 Å². The van der Waals surface area contributed by atoms with Crippen LogP contribution in [0.3, 0.4) is 0 Å². The number of hydrogen-bond acceptors (Lipinski definition) is 2. The highest BCUT2D eigenvalue weighted by atomic mass is 19.4. The van der Waals surface area contributed by atoms with Crippen molar-refractivity contribution < 1.29 is 18.0 Å². The smallest absolute Gasteiger partial charge is 0.325 e. The number of amides is 1. The van der Waals surface area contributed by atoms with Gasteiger partial charge in [-0.05, 0) is 37.6 Å². The molecule has 1 aromatic rings. The molecule has 2 N–H and O–H groups in total. The Hall–Kier alpha value is -1.56. The quantitative estimate of drug-likeness (QED) is 0.866. The molecule has 0 spiro atoms. The van der Waals surface area contributed by atoms with Crippen LogP contribution < -0.4 is 10.6 Å². The monoisotopic (exact) mass is 274 g/mol. The molecule has 0 aliphatic heterocycles. The van der Waals surface area contributed by atoms with E-state index in [9.17, 15) is 18.0 Å². The van der Waals surface area contributed by atoms with Crippen LogP contribution in [-0.2, 0) is 11.0 Å². The minimum absolute atomic E-state index is 0.135. The van der Waals surface area contributed by atoms with E-state index in [-0.39, 0.29) is 18.5 Å². The van der Waals surface area contributed by atoms with Gasteiger partial charge < -0.3 is 10.6 Å². The molecule has 0 saturated carbocycles. The molecule has 1 amide bonds. The Bertz CT molecular complexity index is 415. The van der Waals surface area contributed by atoms with Crippen LogP contribution in [0.15, 0.2) is 24.3 Å². The Morgan fingerprint density at radius 3 is 2.32 bits per heavy atom. The first-order chi connectivity index (χ1) is 8.82. The SMILES string of the molecule is CCC(C)NCC(=O)Nc1ccc(C(F)(F)F)cc1. The fourth-order valence-corrected chi connectivity index (χ4v) is 1.36. The van der Waals surface area contributed by atoms with Crippen LogP contribution in [0.25, 0.3) is 0 Å². The van der Waals surface area contributed by atoms with Gasteiger partial charge in [0, 0.05) is 11.7 Å². The molecule has 0 aliphatic rings. The second-order valence-corrected chi connectivity index (χ2v) is 4.31. The van der Waals surface area contributed by atoms with Gasteiger partial charge >= 0.3 is 6.18 Å². The molecule has 3 nitrogen and oxygen atoms in total. The zero-order valence-corrected chi connectivity index (χ0v) is 10.8. The molecule has 6 heteroatoms. The molecule has 1 rings (SSSR count). The molecule has 1 atom stereocenters. The number of benzene rings is 1. The van der Waals surface area contributed by atoms with Crippen molar-refractivity contribution >= 4 is 11.6 Å². The molecule has 0 heterocycles. The largest absolute Gasteiger partial charge is 0.416 e. The second kappa shape index (κ2) is 6.56.